The molecule has 2 aromatic carbocycles. The molecule has 0 unspecified atom stereocenters. The minimum absolute atomic E-state index is 0.0196. The van der Waals surface area contributed by atoms with Crippen LogP contribution in [0.5, 0.6) is 0 Å². The number of esters is 1. The molecule has 6 rings (SSSR count). The third kappa shape index (κ3) is 7.47. The van der Waals surface area contributed by atoms with Gasteiger partial charge < -0.3 is 28.3 Å². The number of tetrazole rings is 1. The normalized spacial score (nSPS) is 20.2. The molecule has 0 aliphatic carbocycles. The number of nitrogens with zero attached hydrogens (tertiary/aromatic N) is 6. The zero-order chi connectivity index (χ0) is 33.6. The molecule has 17 nitrogen and oxygen atoms in total. The van der Waals surface area contributed by atoms with Gasteiger partial charge in [-0.05, 0) is 33.5 Å². The molecule has 4 aromatic rings. The number of halogens is 1. The standard InChI is InChI=1S/C30H32ClN7O10/c1-2-3-8-23-32-27(31)24(29(39)45-16-46-30(40)47-21-14-43-26-22(48-38(41)42)15-44-25(21)26)37(23)13-17-9-11-18(12-10-17)19-6-4-5-7-20(19)28-33-35-36-34-28/h4-7,9-12,21-22,25-26,41-42H,2-3,8,13-16H2,1H3,(H,33,34,35,36)/t21-,22+,25+,26+/m0/s1. The molecule has 48 heavy (non-hydrogen) atoms. The fourth-order valence-electron chi connectivity index (χ4n) is 5.64. The van der Waals surface area contributed by atoms with Crippen LogP contribution in [0.3, 0.4) is 0 Å². The van der Waals surface area contributed by atoms with Crippen LogP contribution >= 0.6 is 11.6 Å². The highest BCUT2D eigenvalue weighted by molar-refractivity contribution is 6.32. The Morgan fingerprint density at radius 2 is 1.77 bits per heavy atom. The van der Waals surface area contributed by atoms with Crippen molar-refractivity contribution in [2.75, 3.05) is 20.0 Å². The van der Waals surface area contributed by atoms with Crippen LogP contribution in [0.1, 0.15) is 41.6 Å². The molecule has 2 aliphatic heterocycles. The number of imidazole rings is 1. The molecule has 0 saturated carbocycles. The highest BCUT2D eigenvalue weighted by atomic mass is 35.5. The molecule has 254 valence electrons. The second kappa shape index (κ2) is 15.2. The van der Waals surface area contributed by atoms with Gasteiger partial charge in [-0.3, -0.25) is 10.4 Å². The summed E-state index contributed by atoms with van der Waals surface area (Å²) in [5.74, 6) is 0.326. The van der Waals surface area contributed by atoms with Crippen LogP contribution < -0.4 is 0 Å². The first-order chi connectivity index (χ1) is 23.3. The first kappa shape index (κ1) is 33.4. The number of carbonyl (C=O) groups is 2. The predicted molar refractivity (Wildman–Crippen MR) is 161 cm³/mol. The lowest BCUT2D eigenvalue weighted by molar-refractivity contribution is -0.507. The molecule has 2 aromatic heterocycles. The third-order valence-corrected chi connectivity index (χ3v) is 8.15. The average molecular weight is 686 g/mol. The number of hydrogen-bond acceptors (Lipinski definition) is 15. The zero-order valence-corrected chi connectivity index (χ0v) is 26.4. The minimum Gasteiger partial charge on any atom is -0.426 e. The maximum Gasteiger partial charge on any atom is 0.511 e. The summed E-state index contributed by atoms with van der Waals surface area (Å²) in [6.07, 6.45) is -1.89. The van der Waals surface area contributed by atoms with Crippen LogP contribution in [0.25, 0.3) is 22.5 Å². The fraction of sp³-hybridized carbons (Fsp3) is 0.400. The number of unbranched alkanes of at least 4 members (excludes halogenated alkanes) is 1. The Labute approximate surface area is 278 Å². The van der Waals surface area contributed by atoms with E-state index < -0.39 is 48.7 Å². The lowest BCUT2D eigenvalue weighted by Crippen LogP contribution is -2.37. The number of carbonyl (C=O) groups excluding carboxylic acids is 2. The van der Waals surface area contributed by atoms with Crippen LogP contribution in [0.2, 0.25) is 5.15 Å². The van der Waals surface area contributed by atoms with Gasteiger partial charge in [-0.25, -0.2) is 24.5 Å². The van der Waals surface area contributed by atoms with Crippen LogP contribution in [0.4, 0.5) is 4.79 Å². The molecule has 4 heterocycles. The van der Waals surface area contributed by atoms with Gasteiger partial charge in [-0.2, -0.15) is 0 Å². The van der Waals surface area contributed by atoms with Crippen LogP contribution in [0, 0.1) is 0 Å². The number of ether oxygens (including phenoxy) is 5. The van der Waals surface area contributed by atoms with Crippen molar-refractivity contribution >= 4 is 23.7 Å². The SMILES string of the molecule is CCCCc1nc(Cl)c(C(=O)OCOC(=O)O[C@H]2CO[C@H]3[C@@H]2OC[C@H]3ON(O)O)n1Cc1ccc(-c2ccccc2-c2nnn[nH]2)cc1. The highest BCUT2D eigenvalue weighted by Gasteiger charge is 2.51. The van der Waals surface area contributed by atoms with Gasteiger partial charge in [0.2, 0.25) is 6.79 Å². The van der Waals surface area contributed by atoms with Crippen LogP contribution in [0.15, 0.2) is 48.5 Å². The van der Waals surface area contributed by atoms with Gasteiger partial charge in [0.15, 0.2) is 22.8 Å². The summed E-state index contributed by atoms with van der Waals surface area (Å²) >= 11 is 6.45. The van der Waals surface area contributed by atoms with Gasteiger partial charge in [0, 0.05) is 18.5 Å². The van der Waals surface area contributed by atoms with Crippen molar-refractivity contribution in [3.63, 3.8) is 0 Å². The Morgan fingerprint density at radius 1 is 1.04 bits per heavy atom. The number of hydrogen-bond donors (Lipinski definition) is 3. The van der Waals surface area contributed by atoms with Crippen molar-refractivity contribution in [3.05, 3.63) is 70.8 Å². The Balaban J connectivity index is 1.09. The van der Waals surface area contributed by atoms with Crippen LogP contribution in [-0.2, 0) is 41.5 Å². The zero-order valence-electron chi connectivity index (χ0n) is 25.6. The molecular formula is C30H32ClN7O10. The van der Waals surface area contributed by atoms with Crippen LogP contribution in [-0.4, -0.2) is 103 Å². The first-order valence-corrected chi connectivity index (χ1v) is 15.5. The lowest BCUT2D eigenvalue weighted by Gasteiger charge is -2.17. The third-order valence-electron chi connectivity index (χ3n) is 7.89. The number of rotatable bonds is 13. The molecule has 2 aliphatic rings. The fourth-order valence-corrected chi connectivity index (χ4v) is 5.92. The van der Waals surface area contributed by atoms with Crippen molar-refractivity contribution in [2.24, 2.45) is 0 Å². The van der Waals surface area contributed by atoms with E-state index in [-0.39, 0.29) is 30.6 Å². The van der Waals surface area contributed by atoms with Gasteiger partial charge in [-0.15, -0.1) is 5.10 Å². The number of aryl methyl sites for hydroxylation is 1. The van der Waals surface area contributed by atoms with Crippen molar-refractivity contribution in [1.82, 2.24) is 35.6 Å². The maximum absolute atomic E-state index is 13.2. The Kier molecular flexibility index (Phi) is 10.6. The number of aromatic amines is 1. The van der Waals surface area contributed by atoms with E-state index >= 15 is 0 Å². The Bertz CT molecular complexity index is 1700. The van der Waals surface area contributed by atoms with E-state index in [1.54, 1.807) is 4.57 Å². The number of nitrogens with one attached hydrogen (secondary N) is 1. The molecule has 18 heteroatoms. The molecular weight excluding hydrogens is 654 g/mol. The van der Waals surface area contributed by atoms with Crippen molar-refractivity contribution in [2.45, 2.75) is 57.1 Å². The number of H-pyrrole nitrogens is 1. The number of aromatic nitrogens is 6. The summed E-state index contributed by atoms with van der Waals surface area (Å²) in [4.78, 5) is 34.8. The molecule has 2 saturated heterocycles. The summed E-state index contributed by atoms with van der Waals surface area (Å²) in [6.45, 7) is 1.51. The molecule has 0 bridgehead atoms. The first-order valence-electron chi connectivity index (χ1n) is 15.1. The van der Waals surface area contributed by atoms with Gasteiger partial charge in [0.05, 0.1) is 18.6 Å². The molecule has 3 N–H and O–H groups in total. The summed E-state index contributed by atoms with van der Waals surface area (Å²) in [7, 11) is 0. The van der Waals surface area contributed by atoms with E-state index in [4.69, 9.17) is 50.5 Å². The highest BCUT2D eigenvalue weighted by Crippen LogP contribution is 2.32. The van der Waals surface area contributed by atoms with Crippen molar-refractivity contribution in [1.29, 1.82) is 0 Å². The molecule has 0 radical (unpaired) electrons. The molecule has 0 spiro atoms. The van der Waals surface area contributed by atoms with E-state index in [0.29, 0.717) is 18.1 Å². The smallest absolute Gasteiger partial charge is 0.426 e. The van der Waals surface area contributed by atoms with E-state index in [1.165, 1.54) is 0 Å². The van der Waals surface area contributed by atoms with Crippen molar-refractivity contribution in [3.8, 4) is 22.5 Å². The topological polar surface area (TPSA) is 205 Å². The quantitative estimate of drug-likeness (QED) is 0.104. The second-order valence-electron chi connectivity index (χ2n) is 10.9. The van der Waals surface area contributed by atoms with Gasteiger partial charge in [0.25, 0.3) is 0 Å². The van der Waals surface area contributed by atoms with E-state index in [2.05, 4.69) is 25.6 Å². The predicted octanol–water partition coefficient (Wildman–Crippen LogP) is 3.59. The van der Waals surface area contributed by atoms with Gasteiger partial charge in [0.1, 0.15) is 24.1 Å². The monoisotopic (exact) mass is 685 g/mol. The summed E-state index contributed by atoms with van der Waals surface area (Å²) in [5, 5.41) is 31.5. The lowest BCUT2D eigenvalue weighted by atomic mass is 9.98. The summed E-state index contributed by atoms with van der Waals surface area (Å²) in [6, 6.07) is 15.6. The van der Waals surface area contributed by atoms with E-state index in [9.17, 15) is 9.59 Å². The average Bonchev–Trinajstić information content (AvgIpc) is 3.88. The van der Waals surface area contributed by atoms with Gasteiger partial charge in [-0.1, -0.05) is 73.5 Å². The molecule has 2 fully saturated rings. The number of fused-ring (bicyclic) bond motifs is 1. The summed E-state index contributed by atoms with van der Waals surface area (Å²) in [5.41, 5.74) is 3.63. The largest absolute Gasteiger partial charge is 0.511 e. The van der Waals surface area contributed by atoms with E-state index in [0.717, 1.165) is 35.1 Å². The number of benzene rings is 2. The summed E-state index contributed by atoms with van der Waals surface area (Å²) < 4.78 is 28.2. The minimum atomic E-state index is -1.12. The molecule has 4 atom stereocenters. The Morgan fingerprint density at radius 3 is 2.48 bits per heavy atom. The van der Waals surface area contributed by atoms with Gasteiger partial charge >= 0.3 is 12.1 Å². The second-order valence-corrected chi connectivity index (χ2v) is 11.3. The maximum atomic E-state index is 13.2. The van der Waals surface area contributed by atoms with E-state index in [1.807, 2.05) is 55.5 Å². The Hall–Kier alpha value is -4.49. The van der Waals surface area contributed by atoms with Crippen molar-refractivity contribution < 1.29 is 48.5 Å². The molecule has 0 amide bonds.